The zero-order valence-corrected chi connectivity index (χ0v) is 14.2. The Kier molecular flexibility index (Phi) is 4.10. The van der Waals surface area contributed by atoms with Crippen LogP contribution < -0.4 is 10.3 Å². The van der Waals surface area contributed by atoms with Crippen molar-refractivity contribution in [1.82, 2.24) is 14.5 Å². The maximum atomic E-state index is 12.5. The fourth-order valence-electron chi connectivity index (χ4n) is 2.71. The van der Waals surface area contributed by atoms with Gasteiger partial charge in [0.05, 0.1) is 22.3 Å². The molecule has 2 aromatic heterocycles. The summed E-state index contributed by atoms with van der Waals surface area (Å²) in [7, 11) is 0. The Hall–Kier alpha value is -3.25. The second-order valence-corrected chi connectivity index (χ2v) is 6.02. The maximum absolute atomic E-state index is 12.5. The highest BCUT2D eigenvalue weighted by Crippen LogP contribution is 2.29. The van der Waals surface area contributed by atoms with Gasteiger partial charge >= 0.3 is 5.97 Å². The first-order valence-electron chi connectivity index (χ1n) is 7.81. The lowest BCUT2D eigenvalue weighted by Gasteiger charge is -2.09. The van der Waals surface area contributed by atoms with E-state index in [0.717, 1.165) is 0 Å². The van der Waals surface area contributed by atoms with Gasteiger partial charge in [-0.15, -0.1) is 0 Å². The number of carbonyl (C=O) groups excluding carboxylic acids is 1. The lowest BCUT2D eigenvalue weighted by molar-refractivity contribution is -0.135. The molecule has 26 heavy (non-hydrogen) atoms. The summed E-state index contributed by atoms with van der Waals surface area (Å²) in [5, 5.41) is 1.65. The zero-order chi connectivity index (χ0) is 18.1. The third kappa shape index (κ3) is 2.91. The molecule has 0 bridgehead atoms. The first-order chi connectivity index (χ1) is 12.6. The number of carbonyl (C=O) groups is 1. The quantitative estimate of drug-likeness (QED) is 0.411. The van der Waals surface area contributed by atoms with Crippen LogP contribution in [0.15, 0.2) is 65.8 Å². The predicted molar refractivity (Wildman–Crippen MR) is 98.4 cm³/mol. The molecule has 4 rings (SSSR count). The number of halogens is 1. The monoisotopic (exact) mass is 365 g/mol. The lowest BCUT2D eigenvalue weighted by Crippen LogP contribution is -2.27. The second-order valence-electron chi connectivity index (χ2n) is 5.61. The van der Waals surface area contributed by atoms with Gasteiger partial charge in [-0.25, -0.2) is 9.78 Å². The number of esters is 1. The van der Waals surface area contributed by atoms with Gasteiger partial charge in [-0.3, -0.25) is 14.3 Å². The number of hydrogen-bond acceptors (Lipinski definition) is 5. The fraction of sp³-hybridized carbons (Fsp3) is 0.0526. The predicted octanol–water partition coefficient (Wildman–Crippen LogP) is 3.20. The number of benzene rings is 2. The van der Waals surface area contributed by atoms with E-state index in [9.17, 15) is 9.59 Å². The standard InChI is InChI=1S/C19H12ClN3O3/c20-14-7-8-16(18-12(14)5-3-9-21-18)26-17(24)10-23-11-22-15-6-2-1-4-13(15)19(23)25/h1-9,11H,10H2. The van der Waals surface area contributed by atoms with Crippen molar-refractivity contribution in [2.24, 2.45) is 0 Å². The van der Waals surface area contributed by atoms with Gasteiger partial charge in [0.15, 0.2) is 5.75 Å². The van der Waals surface area contributed by atoms with Crippen LogP contribution in [0.5, 0.6) is 5.75 Å². The molecule has 6 nitrogen and oxygen atoms in total. The third-order valence-electron chi connectivity index (χ3n) is 3.93. The highest BCUT2D eigenvalue weighted by molar-refractivity contribution is 6.35. The number of nitrogens with zero attached hydrogens (tertiary/aromatic N) is 3. The number of rotatable bonds is 3. The van der Waals surface area contributed by atoms with Crippen molar-refractivity contribution in [1.29, 1.82) is 0 Å². The number of para-hydroxylation sites is 1. The van der Waals surface area contributed by atoms with Crippen molar-refractivity contribution in [2.45, 2.75) is 6.54 Å². The molecular formula is C19H12ClN3O3. The van der Waals surface area contributed by atoms with Crippen molar-refractivity contribution in [3.63, 3.8) is 0 Å². The Labute approximate surface area is 152 Å². The molecule has 0 spiro atoms. The van der Waals surface area contributed by atoms with Gasteiger partial charge in [-0.1, -0.05) is 23.7 Å². The summed E-state index contributed by atoms with van der Waals surface area (Å²) in [6.07, 6.45) is 2.93. The van der Waals surface area contributed by atoms with Crippen molar-refractivity contribution < 1.29 is 9.53 Å². The molecule has 0 aliphatic rings. The largest absolute Gasteiger partial charge is 0.423 e. The van der Waals surface area contributed by atoms with Crippen molar-refractivity contribution in [2.75, 3.05) is 0 Å². The summed E-state index contributed by atoms with van der Waals surface area (Å²) in [6.45, 7) is -0.256. The van der Waals surface area contributed by atoms with E-state index in [1.54, 1.807) is 54.7 Å². The van der Waals surface area contributed by atoms with Crippen LogP contribution >= 0.6 is 11.6 Å². The molecule has 0 saturated carbocycles. The fourth-order valence-corrected chi connectivity index (χ4v) is 2.92. The van der Waals surface area contributed by atoms with Gasteiger partial charge in [0.1, 0.15) is 12.1 Å². The highest BCUT2D eigenvalue weighted by atomic mass is 35.5. The van der Waals surface area contributed by atoms with Crippen LogP contribution in [0, 0.1) is 0 Å². The van der Waals surface area contributed by atoms with E-state index in [2.05, 4.69) is 9.97 Å². The van der Waals surface area contributed by atoms with E-state index in [0.29, 0.717) is 26.8 Å². The van der Waals surface area contributed by atoms with Gasteiger partial charge < -0.3 is 4.74 Å². The van der Waals surface area contributed by atoms with Crippen LogP contribution in [0.3, 0.4) is 0 Å². The molecule has 7 heteroatoms. The SMILES string of the molecule is O=C(Cn1cnc2ccccc2c1=O)Oc1ccc(Cl)c2cccnc12. The van der Waals surface area contributed by atoms with Gasteiger partial charge in [-0.2, -0.15) is 0 Å². The van der Waals surface area contributed by atoms with Crippen LogP contribution in [0.4, 0.5) is 0 Å². The Balaban J connectivity index is 1.64. The summed E-state index contributed by atoms with van der Waals surface area (Å²) in [5.41, 5.74) is 0.763. The molecule has 0 aliphatic heterocycles. The molecule has 128 valence electrons. The molecule has 0 aliphatic carbocycles. The average molecular weight is 366 g/mol. The maximum Gasteiger partial charge on any atom is 0.331 e. The molecule has 0 radical (unpaired) electrons. The van der Waals surface area contributed by atoms with Crippen molar-refractivity contribution in [3.8, 4) is 5.75 Å². The van der Waals surface area contributed by atoms with Crippen LogP contribution in [-0.2, 0) is 11.3 Å². The van der Waals surface area contributed by atoms with Gasteiger partial charge in [0, 0.05) is 11.6 Å². The topological polar surface area (TPSA) is 74.1 Å². The zero-order valence-electron chi connectivity index (χ0n) is 13.4. The first kappa shape index (κ1) is 16.2. The smallest absolute Gasteiger partial charge is 0.331 e. The van der Waals surface area contributed by atoms with E-state index < -0.39 is 5.97 Å². The molecule has 0 amide bonds. The molecule has 0 unspecified atom stereocenters. The minimum Gasteiger partial charge on any atom is -0.423 e. The van der Waals surface area contributed by atoms with E-state index in [-0.39, 0.29) is 17.9 Å². The second kappa shape index (κ2) is 6.57. The van der Waals surface area contributed by atoms with Gasteiger partial charge in [0.2, 0.25) is 0 Å². The third-order valence-corrected chi connectivity index (χ3v) is 4.26. The highest BCUT2D eigenvalue weighted by Gasteiger charge is 2.13. The molecule has 2 aromatic carbocycles. The summed E-state index contributed by atoms with van der Waals surface area (Å²) in [6, 6.07) is 13.7. The Morgan fingerprint density at radius 1 is 1.04 bits per heavy atom. The molecule has 0 atom stereocenters. The van der Waals surface area contributed by atoms with Gasteiger partial charge in [-0.05, 0) is 36.4 Å². The summed E-state index contributed by atoms with van der Waals surface area (Å²) >= 11 is 6.14. The minimum atomic E-state index is -0.599. The first-order valence-corrected chi connectivity index (χ1v) is 8.19. The normalized spacial score (nSPS) is 11.0. The number of fused-ring (bicyclic) bond motifs is 2. The minimum absolute atomic E-state index is 0.256. The summed E-state index contributed by atoms with van der Waals surface area (Å²) in [4.78, 5) is 33.2. The molecular weight excluding hydrogens is 354 g/mol. The van der Waals surface area contributed by atoms with E-state index in [4.69, 9.17) is 16.3 Å². The van der Waals surface area contributed by atoms with E-state index >= 15 is 0 Å². The number of pyridine rings is 1. The van der Waals surface area contributed by atoms with E-state index in [1.807, 2.05) is 0 Å². The number of ether oxygens (including phenoxy) is 1. The summed E-state index contributed by atoms with van der Waals surface area (Å²) < 4.78 is 6.62. The van der Waals surface area contributed by atoms with Crippen LogP contribution in [-0.4, -0.2) is 20.5 Å². The van der Waals surface area contributed by atoms with Crippen LogP contribution in [0.25, 0.3) is 21.8 Å². The molecule has 0 saturated heterocycles. The molecule has 2 heterocycles. The van der Waals surface area contributed by atoms with Crippen LogP contribution in [0.1, 0.15) is 0 Å². The Morgan fingerprint density at radius 2 is 1.85 bits per heavy atom. The Morgan fingerprint density at radius 3 is 2.73 bits per heavy atom. The number of hydrogen-bond donors (Lipinski definition) is 0. The van der Waals surface area contributed by atoms with E-state index in [1.165, 1.54) is 10.9 Å². The van der Waals surface area contributed by atoms with Crippen molar-refractivity contribution >= 4 is 39.4 Å². The van der Waals surface area contributed by atoms with Gasteiger partial charge in [0.25, 0.3) is 5.56 Å². The Bertz CT molecular complexity index is 1200. The molecule has 0 N–H and O–H groups in total. The molecule has 4 aromatic rings. The average Bonchev–Trinajstić information content (AvgIpc) is 2.67. The lowest BCUT2D eigenvalue weighted by atomic mass is 10.2. The summed E-state index contributed by atoms with van der Waals surface area (Å²) in [5.74, 6) is -0.310. The number of aromatic nitrogens is 3. The van der Waals surface area contributed by atoms with Crippen LogP contribution in [0.2, 0.25) is 5.02 Å². The molecule has 0 fully saturated rings. The van der Waals surface area contributed by atoms with Crippen molar-refractivity contribution in [3.05, 3.63) is 76.4 Å².